The van der Waals surface area contributed by atoms with Crippen molar-refractivity contribution in [2.75, 3.05) is 31.1 Å². The molecule has 2 saturated carbocycles. The molecule has 34 heteroatoms. The first-order valence-corrected chi connectivity index (χ1v) is 42.3. The van der Waals surface area contributed by atoms with E-state index in [0.717, 1.165) is 30.5 Å². The highest BCUT2D eigenvalue weighted by atomic mass is 32.2. The van der Waals surface area contributed by atoms with Crippen molar-refractivity contribution in [1.29, 1.82) is 0 Å². The van der Waals surface area contributed by atoms with Crippen LogP contribution in [-0.2, 0) is 73.8 Å². The Hall–Kier alpha value is -7.21. The van der Waals surface area contributed by atoms with Crippen LogP contribution in [0.15, 0.2) is 24.3 Å². The molecule has 32 nitrogen and oxygen atoms in total. The lowest BCUT2D eigenvalue weighted by Crippen LogP contribution is -2.63. The Kier molecular flexibility index (Phi) is 36.4. The van der Waals surface area contributed by atoms with Crippen molar-refractivity contribution in [2.24, 2.45) is 34.8 Å². The van der Waals surface area contributed by atoms with E-state index in [1.54, 1.807) is 34.6 Å². The number of aliphatic hydroxyl groups is 4. The minimum Gasteiger partial charge on any atom is -0.481 e. The van der Waals surface area contributed by atoms with E-state index >= 15 is 9.59 Å². The quantitative estimate of drug-likeness (QED) is 0.106. The average molecular weight is 1600 g/mol. The number of nitrogens with zero attached hydrogens (tertiary/aromatic N) is 1. The van der Waals surface area contributed by atoms with E-state index in [0.29, 0.717) is 94.4 Å². The molecule has 16 atom stereocenters. The molecular formula is C77H124N14O18S2. The second-order valence-electron chi connectivity index (χ2n) is 32.3. The van der Waals surface area contributed by atoms with E-state index in [1.165, 1.54) is 42.3 Å². The van der Waals surface area contributed by atoms with Crippen LogP contribution in [0.2, 0.25) is 0 Å². The van der Waals surface area contributed by atoms with E-state index in [1.807, 2.05) is 24.3 Å². The van der Waals surface area contributed by atoms with Gasteiger partial charge in [0.1, 0.15) is 66.5 Å². The van der Waals surface area contributed by atoms with Gasteiger partial charge in [0.2, 0.25) is 70.9 Å². The van der Waals surface area contributed by atoms with Gasteiger partial charge in [0.15, 0.2) is 0 Å². The third-order valence-electron chi connectivity index (χ3n) is 22.2. The second-order valence-corrected chi connectivity index (χ2v) is 34.4. The van der Waals surface area contributed by atoms with Crippen molar-refractivity contribution < 1.29 is 87.9 Å². The third-order valence-corrected chi connectivity index (χ3v) is 24.3. The van der Waals surface area contributed by atoms with Crippen molar-refractivity contribution in [3.8, 4) is 0 Å². The Balaban J connectivity index is 1.22. The molecule has 3 saturated heterocycles. The number of aliphatic carboxylic acids is 1. The van der Waals surface area contributed by atoms with Crippen molar-refractivity contribution in [3.63, 3.8) is 0 Å². The summed E-state index contributed by atoms with van der Waals surface area (Å²) in [5.74, 6) is -10.6. The van der Waals surface area contributed by atoms with Crippen molar-refractivity contribution in [3.05, 3.63) is 35.4 Å². The molecule has 1 aromatic rings. The van der Waals surface area contributed by atoms with Crippen LogP contribution in [-0.4, -0.2) is 235 Å². The van der Waals surface area contributed by atoms with Gasteiger partial charge in [0, 0.05) is 42.4 Å². The van der Waals surface area contributed by atoms with Gasteiger partial charge >= 0.3 is 5.97 Å². The van der Waals surface area contributed by atoms with Gasteiger partial charge in [-0.2, -0.15) is 23.5 Å². The predicted octanol–water partition coefficient (Wildman–Crippen LogP) is 0.361. The number of carboxylic acids is 1. The number of nitrogens with two attached hydrogens (primary N) is 1. The van der Waals surface area contributed by atoms with Crippen LogP contribution in [0.5, 0.6) is 0 Å². The van der Waals surface area contributed by atoms with Crippen LogP contribution >= 0.6 is 23.5 Å². The smallest absolute Gasteiger partial charge is 0.303 e. The Morgan fingerprint density at radius 2 is 1.05 bits per heavy atom. The van der Waals surface area contributed by atoms with E-state index in [-0.39, 0.29) is 93.5 Å². The standard InChI is InChI=1S/C77H124N14O18S2/c1-8-14-52-67(100)83-54(28-29-61(97)98)68(101)84-55(35-44-20-24-49(94)25-21-44)70(103)82-53(15-9-2)69(102)89-62(42(3)92)74(107)87-58(65(78)99)41-111-40-47-17-12-16-46(34-47)39-110-33-30-60(96)88-64(77(5,6)7)75(108)86-57(36-45-22-26-50(95)27-23-45)76(109)91-32-11-10-19-59(91)72(105)90-63(43(4)93)73(106)85-56(71(104)81-52)37-48-38-80-66-51(48)18-13-31-79-66/h12,16-17,34,42-45,48-59,62-64,66,79-80,92-95H,8-11,13-15,18-33,35-41H2,1-7H3,(H2,78,99)(H,81,104)(H,82,103)(H,83,100)(H,84,101)(H,85,106)(H,86,108)(H,87,107)(H,88,96)(H,89,102)(H,90,105)(H,97,98)/t42-,43-,44?,45?,48?,49?,50?,51?,52+,53+,54+,55+,56+,57+,58+,59+,62+,63+,64-,66?/m1/s1. The predicted molar refractivity (Wildman–Crippen MR) is 417 cm³/mol. The number of carboxylic acid groups (broad SMARTS) is 1. The summed E-state index contributed by atoms with van der Waals surface area (Å²) < 4.78 is 0. The molecule has 0 aromatic heterocycles. The zero-order chi connectivity index (χ0) is 81.2. The summed E-state index contributed by atoms with van der Waals surface area (Å²) in [4.78, 5) is 188. The number of piperidine rings is 2. The monoisotopic (exact) mass is 1600 g/mol. The van der Waals surface area contributed by atoms with E-state index in [2.05, 4.69) is 63.8 Å². The number of hydrogen-bond donors (Lipinski definition) is 18. The minimum atomic E-state index is -1.72. The topological polar surface area (TPSA) is 497 Å². The maximum absolute atomic E-state index is 15.3. The van der Waals surface area contributed by atoms with Crippen LogP contribution in [0.1, 0.15) is 207 Å². The maximum Gasteiger partial charge on any atom is 0.303 e. The molecule has 6 aliphatic rings. The molecule has 19 N–H and O–H groups in total. The van der Waals surface area contributed by atoms with Crippen molar-refractivity contribution >= 4 is 100 Å². The molecule has 3 unspecified atom stereocenters. The van der Waals surface area contributed by atoms with Crippen LogP contribution in [0.25, 0.3) is 0 Å². The number of rotatable bonds is 16. The number of benzene rings is 1. The number of thioether (sulfide) groups is 2. The normalized spacial score (nSPS) is 32.1. The molecule has 0 radical (unpaired) electrons. The molecule has 1 aromatic carbocycles. The molecule has 622 valence electrons. The fraction of sp³-hybridized carbons (Fsp3) is 0.753. The SMILES string of the molecule is CCC[C@@H]1NC(=O)[C@H](CC2CNC3NCCCC23)NC(=O)[C@H]([C@@H](C)O)NC(=O)[C@@H]2CCCCN2C(=O)[C@H](CC2CCC(O)CC2)NC(=O)[C@H](C(C)(C)C)NC(=O)CCSCc2cccc(c2)CSC[C@@H](C(N)=O)NC(=O)[C@H]([C@@H](C)O)NC(=O)[C@H](CCC)NC(=O)[C@H](CC2CCC(O)CC2)NC(=O)[C@H](CCC(=O)O)NC1=O. The van der Waals surface area contributed by atoms with Crippen molar-refractivity contribution in [1.82, 2.24) is 68.7 Å². The Morgan fingerprint density at radius 1 is 0.559 bits per heavy atom. The highest BCUT2D eigenvalue weighted by molar-refractivity contribution is 7.98. The third kappa shape index (κ3) is 28.4. The largest absolute Gasteiger partial charge is 0.481 e. The number of carbonyl (C=O) groups is 13. The van der Waals surface area contributed by atoms with Crippen LogP contribution in [0, 0.1) is 29.1 Å². The van der Waals surface area contributed by atoms with Crippen LogP contribution in [0.4, 0.5) is 0 Å². The lowest BCUT2D eigenvalue weighted by molar-refractivity contribution is -0.147. The second kappa shape index (κ2) is 44.5. The Bertz CT molecular complexity index is 3330. The summed E-state index contributed by atoms with van der Waals surface area (Å²) in [6, 6.07) is -8.01. The van der Waals surface area contributed by atoms with Crippen LogP contribution in [0.3, 0.4) is 0 Å². The summed E-state index contributed by atoms with van der Waals surface area (Å²) in [6.45, 7) is 12.6. The first-order valence-electron chi connectivity index (χ1n) is 40.0. The molecule has 2 bridgehead atoms. The summed E-state index contributed by atoms with van der Waals surface area (Å²) in [5.41, 5.74) is 6.71. The molecule has 4 heterocycles. The number of hydrogen-bond acceptors (Lipinski definition) is 21. The number of primary amides is 1. The highest BCUT2D eigenvalue weighted by Gasteiger charge is 2.45. The lowest BCUT2D eigenvalue weighted by atomic mass is 9.82. The molecule has 7 rings (SSSR count). The Labute approximate surface area is 659 Å². The molecule has 12 amide bonds. The number of aliphatic hydroxyl groups excluding tert-OH is 4. The number of amides is 12. The number of carbonyl (C=O) groups excluding carboxylic acids is 12. The number of fused-ring (bicyclic) bond motifs is 4. The zero-order valence-electron chi connectivity index (χ0n) is 65.5. The van der Waals surface area contributed by atoms with Gasteiger partial charge in [-0.05, 0) is 189 Å². The lowest BCUT2D eigenvalue weighted by Gasteiger charge is -2.39. The van der Waals surface area contributed by atoms with E-state index in [4.69, 9.17) is 5.73 Å². The fourth-order valence-corrected chi connectivity index (χ4v) is 17.7. The summed E-state index contributed by atoms with van der Waals surface area (Å²) >= 11 is 2.75. The van der Waals surface area contributed by atoms with Crippen molar-refractivity contribution in [2.45, 2.75) is 305 Å². The molecule has 4 aliphatic heterocycles. The van der Waals surface area contributed by atoms with Gasteiger partial charge in [-0.3, -0.25) is 62.3 Å². The molecule has 111 heavy (non-hydrogen) atoms. The van der Waals surface area contributed by atoms with Gasteiger partial charge in [-0.15, -0.1) is 0 Å². The Morgan fingerprint density at radius 3 is 1.60 bits per heavy atom. The zero-order valence-corrected chi connectivity index (χ0v) is 67.1. The highest BCUT2D eigenvalue weighted by Crippen LogP contribution is 2.34. The fourth-order valence-electron chi connectivity index (χ4n) is 15.8. The van der Waals surface area contributed by atoms with Gasteiger partial charge in [0.25, 0.3) is 0 Å². The molecule has 0 spiro atoms. The van der Waals surface area contributed by atoms with Crippen LogP contribution < -0.4 is 69.5 Å². The number of nitrogens with one attached hydrogen (secondary N) is 12. The van der Waals surface area contributed by atoms with Gasteiger partial charge in [0.05, 0.1) is 30.6 Å². The van der Waals surface area contributed by atoms with E-state index in [9.17, 15) is 78.3 Å². The first-order chi connectivity index (χ1) is 52.7. The minimum absolute atomic E-state index is 0.00150. The molecule has 5 fully saturated rings. The van der Waals surface area contributed by atoms with Gasteiger partial charge < -0.3 is 100.0 Å². The summed E-state index contributed by atoms with van der Waals surface area (Å²) in [6.07, 6.45) is 1.42. The maximum atomic E-state index is 15.3. The summed E-state index contributed by atoms with van der Waals surface area (Å²) in [5, 5.41) is 87.5. The molecular weight excluding hydrogens is 1470 g/mol. The van der Waals surface area contributed by atoms with E-state index < -0.39 is 186 Å². The van der Waals surface area contributed by atoms with Gasteiger partial charge in [-0.1, -0.05) is 71.7 Å². The van der Waals surface area contributed by atoms with Gasteiger partial charge in [-0.25, -0.2) is 0 Å². The molecule has 2 aliphatic carbocycles. The average Bonchev–Trinajstić information content (AvgIpc) is 1.76. The summed E-state index contributed by atoms with van der Waals surface area (Å²) in [7, 11) is 0. The first kappa shape index (κ1) is 91.0.